The molecule has 2 heteroatoms. The molecule has 0 saturated carbocycles. The average molecular weight is 128 g/mol. The number of nitrogens with two attached hydrogens (primary N) is 1. The molecule has 1 aliphatic rings. The molecule has 0 amide bonds. The normalized spacial score (nSPS) is 38.0. The molecule has 1 rings (SSSR count). The van der Waals surface area contributed by atoms with E-state index < -0.39 is 0 Å². The highest BCUT2D eigenvalue weighted by molar-refractivity contribution is 4.83. The third-order valence-electron chi connectivity index (χ3n) is 1.88. The molecule has 1 aliphatic heterocycles. The van der Waals surface area contributed by atoms with Gasteiger partial charge in [0.15, 0.2) is 0 Å². The van der Waals surface area contributed by atoms with Crippen molar-refractivity contribution < 1.29 is 0 Å². The lowest BCUT2D eigenvalue weighted by molar-refractivity contribution is 0.429. The Morgan fingerprint density at radius 2 is 2.22 bits per heavy atom. The van der Waals surface area contributed by atoms with Gasteiger partial charge < -0.3 is 11.1 Å². The van der Waals surface area contributed by atoms with Gasteiger partial charge in [-0.15, -0.1) is 0 Å². The molecule has 1 fully saturated rings. The Hall–Kier alpha value is -0.0800. The highest BCUT2D eigenvalue weighted by Gasteiger charge is 2.18. The minimum absolute atomic E-state index is 0.0521. The van der Waals surface area contributed by atoms with Gasteiger partial charge in [-0.1, -0.05) is 6.42 Å². The molecule has 0 radical (unpaired) electrons. The first-order chi connectivity index (χ1) is 4.21. The van der Waals surface area contributed by atoms with Crippen molar-refractivity contribution in [2.75, 3.05) is 13.1 Å². The van der Waals surface area contributed by atoms with E-state index in [1.807, 2.05) is 0 Å². The van der Waals surface area contributed by atoms with Crippen LogP contribution in [-0.4, -0.2) is 18.6 Å². The van der Waals surface area contributed by atoms with E-state index >= 15 is 0 Å². The Labute approximate surface area is 56.8 Å². The first kappa shape index (κ1) is 7.03. The molecule has 1 saturated heterocycles. The summed E-state index contributed by atoms with van der Waals surface area (Å²) >= 11 is 0. The Morgan fingerprint density at radius 1 is 1.44 bits per heavy atom. The van der Waals surface area contributed by atoms with Crippen LogP contribution in [0.5, 0.6) is 0 Å². The van der Waals surface area contributed by atoms with Crippen LogP contribution in [0, 0.1) is 0 Å². The van der Waals surface area contributed by atoms with Gasteiger partial charge in [0, 0.05) is 12.1 Å². The van der Waals surface area contributed by atoms with E-state index in [9.17, 15) is 0 Å². The lowest BCUT2D eigenvalue weighted by Gasteiger charge is -2.21. The maximum atomic E-state index is 5.92. The number of rotatable bonds is 0. The number of nitrogens with one attached hydrogen (secondary N) is 1. The predicted octanol–water partition coefficient (Wildman–Crippen LogP) is 0.477. The van der Waals surface area contributed by atoms with Crippen molar-refractivity contribution >= 4 is 0 Å². The molecule has 1 unspecified atom stereocenters. The predicted molar refractivity (Wildman–Crippen MR) is 39.3 cm³/mol. The van der Waals surface area contributed by atoms with Crippen LogP contribution < -0.4 is 11.1 Å². The van der Waals surface area contributed by atoms with Crippen molar-refractivity contribution in [3.8, 4) is 0 Å². The van der Waals surface area contributed by atoms with Crippen molar-refractivity contribution in [3.63, 3.8) is 0 Å². The van der Waals surface area contributed by atoms with Gasteiger partial charge in [-0.3, -0.25) is 0 Å². The monoisotopic (exact) mass is 128 g/mol. The van der Waals surface area contributed by atoms with E-state index in [2.05, 4.69) is 12.2 Å². The minimum atomic E-state index is 0.0521. The summed E-state index contributed by atoms with van der Waals surface area (Å²) in [6, 6.07) is 0. The van der Waals surface area contributed by atoms with Gasteiger partial charge in [0.25, 0.3) is 0 Å². The zero-order chi connectivity index (χ0) is 6.74. The van der Waals surface area contributed by atoms with Crippen LogP contribution in [0.1, 0.15) is 26.2 Å². The third-order valence-corrected chi connectivity index (χ3v) is 1.88. The number of hydrogen-bond donors (Lipinski definition) is 2. The van der Waals surface area contributed by atoms with Crippen molar-refractivity contribution in [1.29, 1.82) is 0 Å². The fourth-order valence-corrected chi connectivity index (χ4v) is 1.24. The molecular weight excluding hydrogens is 112 g/mol. The molecule has 0 spiro atoms. The maximum Gasteiger partial charge on any atom is 0.0252 e. The van der Waals surface area contributed by atoms with Gasteiger partial charge in [0.1, 0.15) is 0 Å². The van der Waals surface area contributed by atoms with Gasteiger partial charge >= 0.3 is 0 Å². The number of hydrogen-bond acceptors (Lipinski definition) is 2. The van der Waals surface area contributed by atoms with E-state index in [1.165, 1.54) is 19.3 Å². The van der Waals surface area contributed by atoms with Crippen LogP contribution >= 0.6 is 0 Å². The average Bonchev–Trinajstić information content (AvgIpc) is 1.92. The zero-order valence-corrected chi connectivity index (χ0v) is 6.11. The highest BCUT2D eigenvalue weighted by Crippen LogP contribution is 2.11. The summed E-state index contributed by atoms with van der Waals surface area (Å²) in [7, 11) is 0. The topological polar surface area (TPSA) is 38.0 Å². The van der Waals surface area contributed by atoms with Crippen molar-refractivity contribution in [2.24, 2.45) is 5.73 Å². The molecular formula is C7H16N2. The lowest BCUT2D eigenvalue weighted by Crippen LogP contribution is -2.44. The molecule has 0 bridgehead atoms. The summed E-state index contributed by atoms with van der Waals surface area (Å²) in [4.78, 5) is 0. The van der Waals surface area contributed by atoms with Crippen LogP contribution in [0.15, 0.2) is 0 Å². The third kappa shape index (κ3) is 2.33. The molecule has 1 atom stereocenters. The van der Waals surface area contributed by atoms with Crippen LogP contribution in [0.3, 0.4) is 0 Å². The fraction of sp³-hybridized carbons (Fsp3) is 1.00. The van der Waals surface area contributed by atoms with Gasteiger partial charge in [-0.05, 0) is 26.3 Å². The largest absolute Gasteiger partial charge is 0.324 e. The van der Waals surface area contributed by atoms with E-state index in [0.29, 0.717) is 0 Å². The molecule has 0 aliphatic carbocycles. The molecule has 0 aromatic heterocycles. The first-order valence-electron chi connectivity index (χ1n) is 3.70. The van der Waals surface area contributed by atoms with Gasteiger partial charge in [-0.25, -0.2) is 0 Å². The minimum Gasteiger partial charge on any atom is -0.324 e. The Morgan fingerprint density at radius 3 is 3.00 bits per heavy atom. The molecule has 9 heavy (non-hydrogen) atoms. The van der Waals surface area contributed by atoms with Crippen LogP contribution in [0.4, 0.5) is 0 Å². The summed E-state index contributed by atoms with van der Waals surface area (Å²) in [5.74, 6) is 0. The highest BCUT2D eigenvalue weighted by atomic mass is 14.9. The molecule has 1 heterocycles. The van der Waals surface area contributed by atoms with Crippen molar-refractivity contribution in [3.05, 3.63) is 0 Å². The summed E-state index contributed by atoms with van der Waals surface area (Å²) in [5, 5.41) is 3.31. The Kier molecular flexibility index (Phi) is 2.09. The standard InChI is InChI=1S/C7H16N2/c1-7(8)4-2-3-5-9-6-7/h9H,2-6,8H2,1H3. The van der Waals surface area contributed by atoms with E-state index in [4.69, 9.17) is 5.73 Å². The van der Waals surface area contributed by atoms with Crippen LogP contribution in [-0.2, 0) is 0 Å². The molecule has 54 valence electrons. The summed E-state index contributed by atoms with van der Waals surface area (Å²) in [6.45, 7) is 4.24. The second-order valence-corrected chi connectivity index (χ2v) is 3.29. The second-order valence-electron chi connectivity index (χ2n) is 3.29. The lowest BCUT2D eigenvalue weighted by atomic mass is 9.98. The quantitative estimate of drug-likeness (QED) is 0.498. The zero-order valence-electron chi connectivity index (χ0n) is 6.11. The summed E-state index contributed by atoms with van der Waals surface area (Å²) < 4.78 is 0. The maximum absolute atomic E-state index is 5.92. The van der Waals surface area contributed by atoms with Gasteiger partial charge in [-0.2, -0.15) is 0 Å². The van der Waals surface area contributed by atoms with Crippen LogP contribution in [0.25, 0.3) is 0 Å². The second kappa shape index (κ2) is 2.67. The SMILES string of the molecule is CC1(N)CCCCNC1. The van der Waals surface area contributed by atoms with E-state index in [-0.39, 0.29) is 5.54 Å². The Balaban J connectivity index is 2.36. The smallest absolute Gasteiger partial charge is 0.0252 e. The summed E-state index contributed by atoms with van der Waals surface area (Å²) in [6.07, 6.45) is 3.73. The Bertz CT molecular complexity index is 78.9. The molecule has 2 nitrogen and oxygen atoms in total. The first-order valence-corrected chi connectivity index (χ1v) is 3.70. The molecule has 3 N–H and O–H groups in total. The fourth-order valence-electron chi connectivity index (χ4n) is 1.24. The van der Waals surface area contributed by atoms with Crippen LogP contribution in [0.2, 0.25) is 0 Å². The van der Waals surface area contributed by atoms with Crippen molar-refractivity contribution in [1.82, 2.24) is 5.32 Å². The van der Waals surface area contributed by atoms with Crippen molar-refractivity contribution in [2.45, 2.75) is 31.7 Å². The van der Waals surface area contributed by atoms with Gasteiger partial charge in [0.05, 0.1) is 0 Å². The molecule has 0 aromatic carbocycles. The summed E-state index contributed by atoms with van der Waals surface area (Å²) in [5.41, 5.74) is 5.97. The van der Waals surface area contributed by atoms with E-state index in [0.717, 1.165) is 13.1 Å². The molecule has 0 aromatic rings. The van der Waals surface area contributed by atoms with E-state index in [1.54, 1.807) is 0 Å². The van der Waals surface area contributed by atoms with Gasteiger partial charge in [0.2, 0.25) is 0 Å².